The molecule has 1 N–H and O–H groups in total. The molecule has 4 nitrogen and oxygen atoms in total. The molecule has 0 fully saturated rings. The second kappa shape index (κ2) is 4.14. The molecule has 2 rings (SSSR count). The summed E-state index contributed by atoms with van der Waals surface area (Å²) in [6.45, 7) is 2.13. The molecule has 1 aromatic carbocycles. The van der Waals surface area contributed by atoms with Crippen molar-refractivity contribution in [2.75, 3.05) is 19.0 Å². The Balaban J connectivity index is 2.26. The van der Waals surface area contributed by atoms with Gasteiger partial charge in [-0.1, -0.05) is 18.2 Å². The van der Waals surface area contributed by atoms with Gasteiger partial charge in [-0.25, -0.2) is 4.79 Å². The normalized spacial score (nSPS) is 22.4. The molecule has 16 heavy (non-hydrogen) atoms. The zero-order chi connectivity index (χ0) is 11.6. The van der Waals surface area contributed by atoms with Gasteiger partial charge in [0.15, 0.2) is 0 Å². The smallest absolute Gasteiger partial charge is 0.360 e. The van der Waals surface area contributed by atoms with Gasteiger partial charge in [-0.05, 0) is 18.6 Å². The van der Waals surface area contributed by atoms with Crippen molar-refractivity contribution in [3.05, 3.63) is 29.8 Å². The summed E-state index contributed by atoms with van der Waals surface area (Å²) in [5.74, 6) is -0.367. The summed E-state index contributed by atoms with van der Waals surface area (Å²) in [4.78, 5) is 11.9. The van der Waals surface area contributed by atoms with Crippen molar-refractivity contribution in [2.24, 2.45) is 0 Å². The van der Waals surface area contributed by atoms with Crippen LogP contribution in [-0.4, -0.2) is 25.4 Å². The third-order valence-electron chi connectivity index (χ3n) is 2.75. The van der Waals surface area contributed by atoms with Gasteiger partial charge in [-0.15, -0.1) is 0 Å². The molecular weight excluding hydrogens is 206 g/mol. The summed E-state index contributed by atoms with van der Waals surface area (Å²) in [5.41, 5.74) is 0.939. The van der Waals surface area contributed by atoms with E-state index >= 15 is 0 Å². The lowest BCUT2D eigenvalue weighted by Gasteiger charge is -2.25. The summed E-state index contributed by atoms with van der Waals surface area (Å²) in [6, 6.07) is 7.76. The molecule has 1 unspecified atom stereocenters. The van der Waals surface area contributed by atoms with Crippen molar-refractivity contribution in [1.82, 2.24) is 0 Å². The van der Waals surface area contributed by atoms with Crippen LogP contribution in [0.1, 0.15) is 12.5 Å². The van der Waals surface area contributed by atoms with Crippen LogP contribution in [0, 0.1) is 0 Å². The molecule has 1 aliphatic rings. The molecule has 0 amide bonds. The van der Waals surface area contributed by atoms with Gasteiger partial charge in [0.05, 0.1) is 6.61 Å². The quantitative estimate of drug-likeness (QED) is 0.787. The Bertz CT molecular complexity index is 378. The van der Waals surface area contributed by atoms with E-state index in [-0.39, 0.29) is 5.97 Å². The number of nitrogens with one attached hydrogen (secondary N) is 1. The van der Waals surface area contributed by atoms with Crippen molar-refractivity contribution < 1.29 is 14.3 Å². The van der Waals surface area contributed by atoms with Crippen LogP contribution in [0.2, 0.25) is 0 Å². The van der Waals surface area contributed by atoms with Crippen LogP contribution in [0.4, 0.5) is 5.69 Å². The Hall–Kier alpha value is -1.55. The highest BCUT2D eigenvalue weighted by Gasteiger charge is 2.45. The van der Waals surface area contributed by atoms with Crippen LogP contribution in [0.25, 0.3) is 0 Å². The minimum Gasteiger partial charge on any atom is -0.462 e. The standard InChI is InChI=1S/C12H15NO3/c1-3-16-11(14)12(15-2)8-9-6-4-5-7-10(9)13-12/h4-7,13H,3,8H2,1-2H3. The number of carbonyl (C=O) groups is 1. The molecule has 1 heterocycles. The maximum Gasteiger partial charge on any atom is 0.360 e. The van der Waals surface area contributed by atoms with E-state index in [1.165, 1.54) is 7.11 Å². The highest BCUT2D eigenvalue weighted by Crippen LogP contribution is 2.33. The zero-order valence-corrected chi connectivity index (χ0v) is 9.45. The number of ether oxygens (including phenoxy) is 2. The molecule has 0 aromatic heterocycles. The Labute approximate surface area is 94.6 Å². The van der Waals surface area contributed by atoms with Crippen LogP contribution < -0.4 is 5.32 Å². The lowest BCUT2D eigenvalue weighted by molar-refractivity contribution is -0.164. The third-order valence-corrected chi connectivity index (χ3v) is 2.75. The molecule has 1 aromatic rings. The fourth-order valence-corrected chi connectivity index (χ4v) is 1.90. The van der Waals surface area contributed by atoms with Gasteiger partial charge in [0, 0.05) is 19.2 Å². The average molecular weight is 221 g/mol. The number of carbonyl (C=O) groups excluding carboxylic acids is 1. The first-order valence-electron chi connectivity index (χ1n) is 5.30. The lowest BCUT2D eigenvalue weighted by atomic mass is 10.1. The minimum absolute atomic E-state index is 0.349. The maximum absolute atomic E-state index is 11.9. The van der Waals surface area contributed by atoms with Crippen LogP contribution in [0.3, 0.4) is 0 Å². The van der Waals surface area contributed by atoms with Gasteiger partial charge in [0.2, 0.25) is 5.72 Å². The zero-order valence-electron chi connectivity index (χ0n) is 9.45. The molecule has 86 valence electrons. The van der Waals surface area contributed by atoms with Crippen molar-refractivity contribution in [1.29, 1.82) is 0 Å². The van der Waals surface area contributed by atoms with Crippen LogP contribution >= 0.6 is 0 Å². The Morgan fingerprint density at radius 3 is 2.88 bits per heavy atom. The summed E-state index contributed by atoms with van der Waals surface area (Å²) in [7, 11) is 1.51. The Morgan fingerprint density at radius 1 is 1.50 bits per heavy atom. The van der Waals surface area contributed by atoms with Gasteiger partial charge in [-0.2, -0.15) is 0 Å². The Morgan fingerprint density at radius 2 is 2.25 bits per heavy atom. The molecule has 0 bridgehead atoms. The van der Waals surface area contributed by atoms with Crippen molar-refractivity contribution in [3.8, 4) is 0 Å². The highest BCUT2D eigenvalue weighted by molar-refractivity contribution is 5.86. The Kier molecular flexibility index (Phi) is 2.83. The molecular formula is C12H15NO3. The number of rotatable bonds is 3. The predicted octanol–water partition coefficient (Wildman–Crippen LogP) is 1.56. The van der Waals surface area contributed by atoms with E-state index in [2.05, 4.69) is 5.32 Å². The topological polar surface area (TPSA) is 47.6 Å². The number of para-hydroxylation sites is 1. The number of esters is 1. The van der Waals surface area contributed by atoms with Crippen LogP contribution in [0.15, 0.2) is 24.3 Å². The number of anilines is 1. The van der Waals surface area contributed by atoms with E-state index in [0.717, 1.165) is 11.3 Å². The lowest BCUT2D eigenvalue weighted by Crippen LogP contribution is -2.48. The van der Waals surface area contributed by atoms with E-state index in [0.29, 0.717) is 13.0 Å². The van der Waals surface area contributed by atoms with Crippen molar-refractivity contribution in [2.45, 2.75) is 19.1 Å². The fourth-order valence-electron chi connectivity index (χ4n) is 1.90. The van der Waals surface area contributed by atoms with E-state index < -0.39 is 5.72 Å². The average Bonchev–Trinajstić information content (AvgIpc) is 2.69. The fraction of sp³-hybridized carbons (Fsp3) is 0.417. The summed E-state index contributed by atoms with van der Waals surface area (Å²) in [5, 5.41) is 3.09. The SMILES string of the molecule is CCOC(=O)C1(OC)Cc2ccccc2N1. The first-order chi connectivity index (χ1) is 7.72. The van der Waals surface area contributed by atoms with Gasteiger partial charge >= 0.3 is 5.97 Å². The van der Waals surface area contributed by atoms with Crippen molar-refractivity contribution >= 4 is 11.7 Å². The summed E-state index contributed by atoms with van der Waals surface area (Å²) in [6.07, 6.45) is 0.499. The van der Waals surface area contributed by atoms with E-state index in [4.69, 9.17) is 9.47 Å². The largest absolute Gasteiger partial charge is 0.462 e. The second-order valence-corrected chi connectivity index (χ2v) is 3.71. The summed E-state index contributed by atoms with van der Waals surface area (Å²) < 4.78 is 10.3. The number of hydrogen-bond acceptors (Lipinski definition) is 4. The van der Waals surface area contributed by atoms with Gasteiger partial charge < -0.3 is 14.8 Å². The molecule has 1 aliphatic heterocycles. The molecule has 0 saturated carbocycles. The number of hydrogen-bond donors (Lipinski definition) is 1. The van der Waals surface area contributed by atoms with Gasteiger partial charge in [-0.3, -0.25) is 0 Å². The molecule has 0 saturated heterocycles. The van der Waals surface area contributed by atoms with Crippen LogP contribution in [0.5, 0.6) is 0 Å². The molecule has 0 radical (unpaired) electrons. The predicted molar refractivity (Wildman–Crippen MR) is 60.1 cm³/mol. The monoisotopic (exact) mass is 221 g/mol. The van der Waals surface area contributed by atoms with Crippen LogP contribution in [-0.2, 0) is 20.7 Å². The maximum atomic E-state index is 11.9. The van der Waals surface area contributed by atoms with E-state index in [1.54, 1.807) is 6.92 Å². The van der Waals surface area contributed by atoms with E-state index in [1.807, 2.05) is 24.3 Å². The molecule has 4 heteroatoms. The first kappa shape index (κ1) is 11.0. The third kappa shape index (κ3) is 1.65. The second-order valence-electron chi connectivity index (χ2n) is 3.71. The van der Waals surface area contributed by atoms with Crippen molar-refractivity contribution in [3.63, 3.8) is 0 Å². The van der Waals surface area contributed by atoms with E-state index in [9.17, 15) is 4.79 Å². The summed E-state index contributed by atoms with van der Waals surface area (Å²) >= 11 is 0. The van der Waals surface area contributed by atoms with Gasteiger partial charge in [0.1, 0.15) is 0 Å². The molecule has 0 aliphatic carbocycles. The van der Waals surface area contributed by atoms with Gasteiger partial charge in [0.25, 0.3) is 0 Å². The number of benzene rings is 1. The molecule has 0 spiro atoms. The molecule has 1 atom stereocenters. The number of methoxy groups -OCH3 is 1. The number of fused-ring (bicyclic) bond motifs is 1. The first-order valence-corrected chi connectivity index (χ1v) is 5.30. The minimum atomic E-state index is -1.06. The highest BCUT2D eigenvalue weighted by atomic mass is 16.6.